The van der Waals surface area contributed by atoms with Crippen molar-refractivity contribution in [3.63, 3.8) is 0 Å². The molecule has 2 N–H and O–H groups in total. The highest BCUT2D eigenvalue weighted by molar-refractivity contribution is 9.10. The van der Waals surface area contributed by atoms with Crippen molar-refractivity contribution in [1.29, 1.82) is 5.26 Å². The maximum atomic E-state index is 13.2. The number of nitriles is 1. The van der Waals surface area contributed by atoms with E-state index in [1.807, 2.05) is 13.0 Å². The van der Waals surface area contributed by atoms with Gasteiger partial charge in [-0.05, 0) is 65.9 Å². The van der Waals surface area contributed by atoms with E-state index in [1.165, 1.54) is 29.1 Å². The number of hydrogen-bond acceptors (Lipinski definition) is 5. The Hall–Kier alpha value is -2.93. The number of anilines is 1. The van der Waals surface area contributed by atoms with Gasteiger partial charge in [0, 0.05) is 18.3 Å². The molecule has 1 aliphatic carbocycles. The van der Waals surface area contributed by atoms with E-state index in [4.69, 9.17) is 23.2 Å². The highest BCUT2D eigenvalue weighted by Gasteiger charge is 2.30. The Balaban J connectivity index is 1.70. The zero-order valence-corrected chi connectivity index (χ0v) is 20.4. The van der Waals surface area contributed by atoms with Gasteiger partial charge in [-0.25, -0.2) is 9.67 Å². The summed E-state index contributed by atoms with van der Waals surface area (Å²) in [7, 11) is 0. The van der Waals surface area contributed by atoms with E-state index in [2.05, 4.69) is 36.6 Å². The standard InChI is InChI=1S/C22H17BrCl2N6O2/c1-11(13-4-5-13)28-21(32)14-7-12(10-26)8-16(25)19(14)29-22(33)17-9-18(23)30-31(17)20-15(24)3-2-6-27-20/h2-3,6-9,11,13H,4-5H2,1H3,(H,28,32)(H,29,33). The van der Waals surface area contributed by atoms with Crippen LogP contribution in [0.2, 0.25) is 10.0 Å². The lowest BCUT2D eigenvalue weighted by Gasteiger charge is -2.17. The van der Waals surface area contributed by atoms with Crippen molar-refractivity contribution in [3.8, 4) is 11.9 Å². The first-order chi connectivity index (χ1) is 15.8. The molecule has 2 amide bonds. The molecule has 0 radical (unpaired) electrons. The van der Waals surface area contributed by atoms with Crippen molar-refractivity contribution in [1.82, 2.24) is 20.1 Å². The van der Waals surface area contributed by atoms with Gasteiger partial charge in [0.15, 0.2) is 5.82 Å². The molecule has 8 nitrogen and oxygen atoms in total. The van der Waals surface area contributed by atoms with E-state index >= 15 is 0 Å². The first-order valence-electron chi connectivity index (χ1n) is 10.0. The smallest absolute Gasteiger partial charge is 0.274 e. The molecule has 1 saturated carbocycles. The third-order valence-electron chi connectivity index (χ3n) is 5.24. The molecule has 11 heteroatoms. The Morgan fingerprint density at radius 2 is 2.00 bits per heavy atom. The molecule has 4 rings (SSSR count). The average molecular weight is 548 g/mol. The van der Waals surface area contributed by atoms with E-state index in [0.717, 1.165) is 12.8 Å². The van der Waals surface area contributed by atoms with Crippen LogP contribution in [-0.2, 0) is 0 Å². The van der Waals surface area contributed by atoms with Crippen LogP contribution in [0.5, 0.6) is 0 Å². The fourth-order valence-electron chi connectivity index (χ4n) is 3.36. The quantitative estimate of drug-likeness (QED) is 0.451. The van der Waals surface area contributed by atoms with Crippen molar-refractivity contribution >= 4 is 56.6 Å². The van der Waals surface area contributed by atoms with Gasteiger partial charge in [-0.2, -0.15) is 10.4 Å². The average Bonchev–Trinajstić information content (AvgIpc) is 3.57. The monoisotopic (exact) mass is 546 g/mol. The number of hydrogen-bond donors (Lipinski definition) is 2. The summed E-state index contributed by atoms with van der Waals surface area (Å²) in [5, 5.41) is 19.6. The zero-order valence-electron chi connectivity index (χ0n) is 17.3. The molecule has 1 aromatic carbocycles. The van der Waals surface area contributed by atoms with Crippen LogP contribution in [0.25, 0.3) is 5.82 Å². The first kappa shape index (κ1) is 23.2. The van der Waals surface area contributed by atoms with Crippen molar-refractivity contribution in [2.45, 2.75) is 25.8 Å². The minimum Gasteiger partial charge on any atom is -0.349 e. The first-order valence-corrected chi connectivity index (χ1v) is 11.6. The molecule has 1 fully saturated rings. The number of carbonyl (C=O) groups excluding carboxylic acids is 2. The van der Waals surface area contributed by atoms with Crippen LogP contribution in [-0.4, -0.2) is 32.6 Å². The highest BCUT2D eigenvalue weighted by atomic mass is 79.9. The number of nitrogens with zero attached hydrogens (tertiary/aromatic N) is 4. The predicted molar refractivity (Wildman–Crippen MR) is 128 cm³/mol. The molecule has 33 heavy (non-hydrogen) atoms. The Labute approximate surface area is 208 Å². The van der Waals surface area contributed by atoms with Crippen LogP contribution in [0.3, 0.4) is 0 Å². The lowest BCUT2D eigenvalue weighted by Crippen LogP contribution is -2.34. The Morgan fingerprint density at radius 1 is 1.24 bits per heavy atom. The number of pyridine rings is 1. The molecule has 0 spiro atoms. The largest absolute Gasteiger partial charge is 0.349 e. The Morgan fingerprint density at radius 3 is 2.67 bits per heavy atom. The SMILES string of the molecule is CC(NC(=O)c1cc(C#N)cc(Cl)c1NC(=O)c1cc(Br)nn1-c1ncccc1Cl)C1CC1. The molecule has 168 valence electrons. The second kappa shape index (κ2) is 9.51. The van der Waals surface area contributed by atoms with E-state index in [0.29, 0.717) is 15.5 Å². The van der Waals surface area contributed by atoms with E-state index < -0.39 is 11.8 Å². The molecular weight excluding hydrogens is 531 g/mol. The normalized spacial score (nSPS) is 13.8. The number of nitrogens with one attached hydrogen (secondary N) is 2. The van der Waals surface area contributed by atoms with Gasteiger partial charge in [0.25, 0.3) is 11.8 Å². The van der Waals surface area contributed by atoms with Gasteiger partial charge in [0.2, 0.25) is 0 Å². The maximum absolute atomic E-state index is 13.2. The summed E-state index contributed by atoms with van der Waals surface area (Å²) in [6.07, 6.45) is 3.64. The maximum Gasteiger partial charge on any atom is 0.274 e. The Bertz CT molecular complexity index is 1300. The van der Waals surface area contributed by atoms with Crippen LogP contribution in [0.15, 0.2) is 41.1 Å². The molecule has 0 saturated heterocycles. The number of aromatic nitrogens is 3. The molecule has 2 heterocycles. The van der Waals surface area contributed by atoms with Crippen molar-refractivity contribution in [3.05, 3.63) is 68.0 Å². The lowest BCUT2D eigenvalue weighted by atomic mass is 10.1. The third-order valence-corrected chi connectivity index (χ3v) is 6.22. The highest BCUT2D eigenvalue weighted by Crippen LogP contribution is 2.33. The zero-order chi connectivity index (χ0) is 23.7. The molecular formula is C22H17BrCl2N6O2. The second-order valence-corrected chi connectivity index (χ2v) is 9.25. The number of amides is 2. The van der Waals surface area contributed by atoms with Crippen molar-refractivity contribution in [2.75, 3.05) is 5.32 Å². The summed E-state index contributed by atoms with van der Waals surface area (Å²) in [6.45, 7) is 1.93. The molecule has 1 aliphatic rings. The molecule has 1 unspecified atom stereocenters. The van der Waals surface area contributed by atoms with E-state index in [9.17, 15) is 14.9 Å². The molecule has 2 aromatic heterocycles. The summed E-state index contributed by atoms with van der Waals surface area (Å²) in [6, 6.07) is 9.52. The molecule has 1 atom stereocenters. The van der Waals surface area contributed by atoms with Crippen molar-refractivity contribution in [2.24, 2.45) is 5.92 Å². The van der Waals surface area contributed by atoms with Gasteiger partial charge >= 0.3 is 0 Å². The summed E-state index contributed by atoms with van der Waals surface area (Å²) in [5.74, 6) is -0.328. The van der Waals surface area contributed by atoms with Gasteiger partial charge in [-0.15, -0.1) is 0 Å². The topological polar surface area (TPSA) is 113 Å². The molecule has 0 bridgehead atoms. The van der Waals surface area contributed by atoms with Crippen LogP contribution in [0.4, 0.5) is 5.69 Å². The minimum atomic E-state index is -0.592. The van der Waals surface area contributed by atoms with Gasteiger partial charge < -0.3 is 10.6 Å². The van der Waals surface area contributed by atoms with E-state index in [1.54, 1.807) is 12.1 Å². The van der Waals surface area contributed by atoms with Gasteiger partial charge in [0.1, 0.15) is 10.3 Å². The minimum absolute atomic E-state index is 0.0331. The molecule has 0 aliphatic heterocycles. The van der Waals surface area contributed by atoms with Crippen molar-refractivity contribution < 1.29 is 9.59 Å². The number of benzene rings is 1. The lowest BCUT2D eigenvalue weighted by molar-refractivity contribution is 0.0936. The van der Waals surface area contributed by atoms with Crippen LogP contribution < -0.4 is 10.6 Å². The number of carbonyl (C=O) groups is 2. The van der Waals surface area contributed by atoms with Gasteiger partial charge in [-0.3, -0.25) is 9.59 Å². The third kappa shape index (κ3) is 5.03. The van der Waals surface area contributed by atoms with Gasteiger partial charge in [-0.1, -0.05) is 23.2 Å². The number of rotatable bonds is 6. The van der Waals surface area contributed by atoms with Crippen LogP contribution in [0.1, 0.15) is 46.2 Å². The van der Waals surface area contributed by atoms with Crippen LogP contribution >= 0.6 is 39.1 Å². The van der Waals surface area contributed by atoms with Crippen LogP contribution in [0, 0.1) is 17.2 Å². The summed E-state index contributed by atoms with van der Waals surface area (Å²) >= 11 is 15.9. The summed E-state index contributed by atoms with van der Waals surface area (Å²) < 4.78 is 1.67. The molecule has 3 aromatic rings. The number of halogens is 3. The van der Waals surface area contributed by atoms with Gasteiger partial charge in [0.05, 0.1) is 32.9 Å². The van der Waals surface area contributed by atoms with E-state index in [-0.39, 0.29) is 39.4 Å². The fraction of sp³-hybridized carbons (Fsp3) is 0.227. The second-order valence-electron chi connectivity index (χ2n) is 7.62. The fourth-order valence-corrected chi connectivity index (χ4v) is 4.21. The predicted octanol–water partition coefficient (Wildman–Crippen LogP) is 4.99. The summed E-state index contributed by atoms with van der Waals surface area (Å²) in [5.41, 5.74) is 0.508. The summed E-state index contributed by atoms with van der Waals surface area (Å²) in [4.78, 5) is 30.4. The Kier molecular flexibility index (Phi) is 6.70.